The molecule has 4 aliphatic rings. The lowest BCUT2D eigenvalue weighted by atomic mass is 9.43. The van der Waals surface area contributed by atoms with Crippen LogP contribution in [0.2, 0.25) is 0 Å². The van der Waals surface area contributed by atoms with E-state index in [1.54, 1.807) is 10.9 Å². The van der Waals surface area contributed by atoms with Crippen LogP contribution in [-0.4, -0.2) is 26.3 Å². The summed E-state index contributed by atoms with van der Waals surface area (Å²) < 4.78 is 1.60. The smallest absolute Gasteiger partial charge is 0.157 e. The predicted octanol–water partition coefficient (Wildman–Crippen LogP) is 4.24. The summed E-state index contributed by atoms with van der Waals surface area (Å²) in [6.45, 7) is 4.50. The Balaban J connectivity index is 1.36. The molecule has 4 saturated carbocycles. The van der Waals surface area contributed by atoms with Crippen LogP contribution >= 0.6 is 0 Å². The summed E-state index contributed by atoms with van der Waals surface area (Å²) in [6, 6.07) is 4.88. The number of hydrogen-bond donors (Lipinski definition) is 1. The number of carbonyl (C=O) groups excluding carboxylic acids is 1. The van der Waals surface area contributed by atoms with E-state index in [0.717, 1.165) is 57.8 Å². The number of Topliss-reactive ketones (excluding diaryl/α,β-unsaturated/α-hetero) is 1. The van der Waals surface area contributed by atoms with Crippen molar-refractivity contribution in [2.75, 3.05) is 0 Å². The molecule has 0 aromatic carbocycles. The van der Waals surface area contributed by atoms with Crippen molar-refractivity contribution in [3.8, 4) is 12.1 Å². The van der Waals surface area contributed by atoms with E-state index in [4.69, 9.17) is 5.26 Å². The lowest BCUT2D eigenvalue weighted by Gasteiger charge is -2.60. The van der Waals surface area contributed by atoms with Gasteiger partial charge < -0.3 is 5.11 Å². The summed E-state index contributed by atoms with van der Waals surface area (Å²) in [5.41, 5.74) is -0.451. The summed E-state index contributed by atoms with van der Waals surface area (Å²) in [6.07, 6.45) is 11.6. The van der Waals surface area contributed by atoms with Crippen LogP contribution < -0.4 is 0 Å². The van der Waals surface area contributed by atoms with Crippen LogP contribution in [0, 0.1) is 63.1 Å². The number of nitrogens with zero attached hydrogens (tertiary/aromatic N) is 4. The number of ketones is 1. The first-order valence-electron chi connectivity index (χ1n) is 12.3. The van der Waals surface area contributed by atoms with Crippen molar-refractivity contribution in [1.29, 1.82) is 10.5 Å². The van der Waals surface area contributed by atoms with Gasteiger partial charge in [0.15, 0.2) is 5.78 Å². The minimum Gasteiger partial charge on any atom is -0.390 e. The summed E-state index contributed by atoms with van der Waals surface area (Å²) in [5.74, 6) is 1.98. The molecule has 0 amide bonds. The Bertz CT molecular complexity index is 1000. The molecule has 4 aliphatic carbocycles. The summed E-state index contributed by atoms with van der Waals surface area (Å²) in [5, 5.41) is 34.3. The Labute approximate surface area is 190 Å². The van der Waals surface area contributed by atoms with Crippen molar-refractivity contribution in [2.45, 2.75) is 83.8 Å². The lowest BCUT2D eigenvalue weighted by molar-refractivity contribution is -0.140. The first kappa shape index (κ1) is 21.7. The molecule has 170 valence electrons. The molecule has 8 atom stereocenters. The molecule has 0 bridgehead atoms. The van der Waals surface area contributed by atoms with E-state index in [2.05, 4.69) is 24.2 Å². The maximum atomic E-state index is 13.3. The molecule has 4 fully saturated rings. The zero-order valence-corrected chi connectivity index (χ0v) is 19.3. The number of fused-ring (bicyclic) bond motifs is 5. The highest BCUT2D eigenvalue weighted by Gasteiger charge is 2.63. The van der Waals surface area contributed by atoms with E-state index >= 15 is 0 Å². The van der Waals surface area contributed by atoms with Crippen LogP contribution in [0.4, 0.5) is 0 Å². The highest BCUT2D eigenvalue weighted by Crippen LogP contribution is 2.68. The van der Waals surface area contributed by atoms with E-state index in [1.165, 1.54) is 6.20 Å². The van der Waals surface area contributed by atoms with Crippen LogP contribution in [0.15, 0.2) is 12.4 Å². The quantitative estimate of drug-likeness (QED) is 0.766. The highest BCUT2D eigenvalue weighted by molar-refractivity contribution is 5.82. The predicted molar refractivity (Wildman–Crippen MR) is 118 cm³/mol. The summed E-state index contributed by atoms with van der Waals surface area (Å²) in [7, 11) is 0. The van der Waals surface area contributed by atoms with Gasteiger partial charge >= 0.3 is 0 Å². The Hall–Kier alpha value is -2.18. The largest absolute Gasteiger partial charge is 0.390 e. The van der Waals surface area contributed by atoms with E-state index in [1.807, 2.05) is 6.92 Å². The van der Waals surface area contributed by atoms with Gasteiger partial charge in [0.2, 0.25) is 0 Å². The summed E-state index contributed by atoms with van der Waals surface area (Å²) in [4.78, 5) is 13.3. The third-order valence-electron chi connectivity index (χ3n) is 10.1. The number of nitriles is 2. The number of carbonyl (C=O) groups is 1. The average molecular weight is 435 g/mol. The van der Waals surface area contributed by atoms with Crippen LogP contribution in [0.1, 0.15) is 77.2 Å². The number of hydrogen-bond acceptors (Lipinski definition) is 5. The van der Waals surface area contributed by atoms with Gasteiger partial charge in [-0.25, -0.2) is 0 Å². The van der Waals surface area contributed by atoms with Crippen molar-refractivity contribution in [1.82, 2.24) is 9.78 Å². The molecular formula is C26H34N4O2. The van der Waals surface area contributed by atoms with Crippen molar-refractivity contribution in [3.63, 3.8) is 0 Å². The zero-order valence-electron chi connectivity index (χ0n) is 19.3. The highest BCUT2D eigenvalue weighted by atomic mass is 16.3. The Morgan fingerprint density at radius 2 is 1.97 bits per heavy atom. The number of aliphatic hydroxyl groups is 1. The first-order valence-corrected chi connectivity index (χ1v) is 12.3. The molecule has 0 aliphatic heterocycles. The van der Waals surface area contributed by atoms with Crippen LogP contribution in [0.3, 0.4) is 0 Å². The lowest BCUT2D eigenvalue weighted by Crippen LogP contribution is -2.56. The Morgan fingerprint density at radius 3 is 2.69 bits per heavy atom. The second kappa shape index (κ2) is 7.42. The fourth-order valence-electron chi connectivity index (χ4n) is 8.60. The molecule has 1 N–H and O–H groups in total. The van der Waals surface area contributed by atoms with E-state index in [9.17, 15) is 15.2 Å². The molecule has 1 heterocycles. The Morgan fingerprint density at radius 1 is 1.16 bits per heavy atom. The van der Waals surface area contributed by atoms with Crippen LogP contribution in [0.25, 0.3) is 0 Å². The van der Waals surface area contributed by atoms with Gasteiger partial charge in [0.1, 0.15) is 6.07 Å². The molecule has 32 heavy (non-hydrogen) atoms. The maximum Gasteiger partial charge on any atom is 0.157 e. The Kier molecular flexibility index (Phi) is 5.02. The fraction of sp³-hybridized carbons (Fsp3) is 0.769. The molecule has 6 heteroatoms. The molecule has 5 rings (SSSR count). The van der Waals surface area contributed by atoms with Gasteiger partial charge in [-0.1, -0.05) is 6.92 Å². The molecule has 1 aromatic rings. The van der Waals surface area contributed by atoms with E-state index < -0.39 is 5.60 Å². The molecule has 0 unspecified atom stereocenters. The van der Waals surface area contributed by atoms with Crippen LogP contribution in [-0.2, 0) is 11.3 Å². The van der Waals surface area contributed by atoms with Crippen LogP contribution in [0.5, 0.6) is 0 Å². The summed E-state index contributed by atoms with van der Waals surface area (Å²) >= 11 is 0. The van der Waals surface area contributed by atoms with Gasteiger partial charge in [0.25, 0.3) is 0 Å². The molecule has 0 saturated heterocycles. The van der Waals surface area contributed by atoms with Crippen molar-refractivity contribution < 1.29 is 9.90 Å². The second-order valence-electron chi connectivity index (χ2n) is 11.7. The first-order chi connectivity index (χ1) is 15.2. The van der Waals surface area contributed by atoms with Gasteiger partial charge in [0.05, 0.1) is 35.4 Å². The normalized spacial score (nSPS) is 45.1. The topological polar surface area (TPSA) is 103 Å². The number of aromatic nitrogens is 2. The molecular weight excluding hydrogens is 400 g/mol. The molecule has 0 radical (unpaired) electrons. The third-order valence-corrected chi connectivity index (χ3v) is 10.1. The second-order valence-corrected chi connectivity index (χ2v) is 11.7. The van der Waals surface area contributed by atoms with Gasteiger partial charge in [0, 0.05) is 12.1 Å². The van der Waals surface area contributed by atoms with Gasteiger partial charge in [-0.15, -0.1) is 0 Å². The van der Waals surface area contributed by atoms with Gasteiger partial charge in [-0.2, -0.15) is 15.6 Å². The zero-order chi connectivity index (χ0) is 22.7. The fourth-order valence-corrected chi connectivity index (χ4v) is 8.60. The molecule has 1 aromatic heterocycles. The standard InChI is InChI=1S/C26H34N4O2/c1-24(32)9-10-26(16-28)18(11-24)3-4-19-20-5-6-22(25(20,2)8-7-21(19)26)23(31)15-30-14-17(12-27)13-29-30/h13-14,18-22,32H,3-11,15H2,1-2H3/t18-,19+,20+,21+,22-,24-,25+,26-/m1/s1. The third kappa shape index (κ3) is 3.14. The van der Waals surface area contributed by atoms with E-state index in [-0.39, 0.29) is 29.1 Å². The average Bonchev–Trinajstić information content (AvgIpc) is 3.36. The van der Waals surface area contributed by atoms with Crippen molar-refractivity contribution in [2.24, 2.45) is 40.4 Å². The number of rotatable bonds is 3. The molecule has 0 spiro atoms. The van der Waals surface area contributed by atoms with Crippen molar-refractivity contribution >= 4 is 5.78 Å². The maximum absolute atomic E-state index is 13.3. The van der Waals surface area contributed by atoms with E-state index in [0.29, 0.717) is 29.2 Å². The van der Waals surface area contributed by atoms with Crippen molar-refractivity contribution in [3.05, 3.63) is 18.0 Å². The minimum atomic E-state index is -0.635. The van der Waals surface area contributed by atoms with Gasteiger partial charge in [-0.3, -0.25) is 9.48 Å². The van der Waals surface area contributed by atoms with Gasteiger partial charge in [-0.05, 0) is 93.8 Å². The monoisotopic (exact) mass is 434 g/mol. The minimum absolute atomic E-state index is 0.00684. The SMILES string of the molecule is C[C@@]1(O)CC[C@@]2(C#N)[C@H](CC[C@H]3[C@@H]4CC[C@H](C(=O)Cn5cc(C#N)cn5)[C@@]4(C)CC[C@@H]32)C1. The molecule has 6 nitrogen and oxygen atoms in total.